The maximum atomic E-state index is 13.1. The molecule has 1 N–H and O–H groups in total. The Morgan fingerprint density at radius 2 is 1.89 bits per heavy atom. The minimum absolute atomic E-state index is 0.0690. The number of aromatic nitrogens is 2. The Labute approximate surface area is 237 Å². The third-order valence-electron chi connectivity index (χ3n) is 7.79. The summed E-state index contributed by atoms with van der Waals surface area (Å²) in [6, 6.07) is 5.47. The molecule has 2 aromatic rings. The van der Waals surface area contributed by atoms with Crippen LogP contribution in [0.1, 0.15) is 62.2 Å². The molecule has 1 aromatic carbocycles. The molecule has 3 heterocycles. The second kappa shape index (κ2) is 11.6. The van der Waals surface area contributed by atoms with Crippen molar-refractivity contribution in [3.05, 3.63) is 30.0 Å². The summed E-state index contributed by atoms with van der Waals surface area (Å²) in [4.78, 5) is 39.0. The Kier molecular flexibility index (Phi) is 8.22. The number of hydrogen-bond acceptors (Lipinski definition) is 8. The van der Waals surface area contributed by atoms with Gasteiger partial charge in [0.25, 0.3) is 5.91 Å². The lowest BCUT2D eigenvalue weighted by Crippen LogP contribution is -2.55. The van der Waals surface area contributed by atoms with Crippen molar-refractivity contribution in [3.63, 3.8) is 0 Å². The highest BCUT2D eigenvalue weighted by Gasteiger charge is 2.41. The predicted molar refractivity (Wildman–Crippen MR) is 153 cm³/mol. The first-order valence-corrected chi connectivity index (χ1v) is 14.4. The molecule has 0 unspecified atom stereocenters. The van der Waals surface area contributed by atoms with E-state index < -0.39 is 0 Å². The molecule has 2 aliphatic heterocycles. The number of likely N-dealkylation sites (N-methyl/N-ethyl adjacent to an activating group) is 1. The number of rotatable bonds is 7. The normalized spacial score (nSPS) is 20.9. The summed E-state index contributed by atoms with van der Waals surface area (Å²) < 4.78 is 13.9. The highest BCUT2D eigenvalue weighted by Crippen LogP contribution is 2.41. The van der Waals surface area contributed by atoms with Crippen LogP contribution in [0.5, 0.6) is 17.5 Å². The summed E-state index contributed by atoms with van der Waals surface area (Å²) in [5.74, 6) is 1.51. The number of anilines is 2. The molecule has 1 aromatic heterocycles. The van der Waals surface area contributed by atoms with E-state index in [4.69, 9.17) is 14.5 Å². The van der Waals surface area contributed by atoms with Gasteiger partial charge in [-0.05, 0) is 50.3 Å². The molecule has 0 bridgehead atoms. The van der Waals surface area contributed by atoms with Gasteiger partial charge in [-0.1, -0.05) is 19.8 Å². The van der Waals surface area contributed by atoms with Crippen molar-refractivity contribution < 1.29 is 19.1 Å². The number of amides is 2. The summed E-state index contributed by atoms with van der Waals surface area (Å²) in [7, 11) is 3.32. The van der Waals surface area contributed by atoms with Crippen LogP contribution < -0.4 is 24.6 Å². The Bertz CT molecular complexity index is 1180. The second-order valence-electron chi connectivity index (χ2n) is 10.2. The van der Waals surface area contributed by atoms with E-state index in [1.807, 2.05) is 6.92 Å². The van der Waals surface area contributed by atoms with E-state index in [2.05, 4.69) is 41.2 Å². The zero-order valence-electron chi connectivity index (χ0n) is 22.2. The van der Waals surface area contributed by atoms with Crippen molar-refractivity contribution in [2.45, 2.75) is 70.0 Å². The molecular weight excluding hydrogens is 599 g/mol. The third-order valence-corrected chi connectivity index (χ3v) is 8.76. The van der Waals surface area contributed by atoms with E-state index in [0.717, 1.165) is 57.4 Å². The molecule has 1 aliphatic carbocycles. The number of nitrogens with zero attached hydrogens (tertiary/aromatic N) is 5. The number of nitrogens with one attached hydrogen (secondary N) is 1. The van der Waals surface area contributed by atoms with Crippen molar-refractivity contribution in [2.75, 3.05) is 37.0 Å². The molecule has 1 saturated heterocycles. The molecule has 0 spiro atoms. The van der Waals surface area contributed by atoms with E-state index in [0.29, 0.717) is 29.2 Å². The summed E-state index contributed by atoms with van der Waals surface area (Å²) in [6.07, 6.45) is 8.61. The fraction of sp³-hybridized carbons (Fsp3) is 0.556. The van der Waals surface area contributed by atoms with Gasteiger partial charge in [0.1, 0.15) is 11.7 Å². The molecule has 38 heavy (non-hydrogen) atoms. The van der Waals surface area contributed by atoms with Gasteiger partial charge in [-0.3, -0.25) is 9.59 Å². The highest BCUT2D eigenvalue weighted by molar-refractivity contribution is 14.1. The van der Waals surface area contributed by atoms with Crippen LogP contribution in [0.3, 0.4) is 0 Å². The number of carbonyl (C=O) groups excluding carboxylic acids is 2. The molecule has 0 radical (unpaired) electrons. The largest absolute Gasteiger partial charge is 0.493 e. The Morgan fingerprint density at radius 3 is 2.58 bits per heavy atom. The number of halogens is 1. The molecule has 10 nitrogen and oxygen atoms in total. The predicted octanol–water partition coefficient (Wildman–Crippen LogP) is 4.33. The van der Waals surface area contributed by atoms with Crippen molar-refractivity contribution >= 4 is 46.2 Å². The fourth-order valence-electron chi connectivity index (χ4n) is 5.67. The maximum Gasteiger partial charge on any atom is 0.324 e. The van der Waals surface area contributed by atoms with Crippen LogP contribution in [-0.2, 0) is 4.79 Å². The van der Waals surface area contributed by atoms with E-state index in [1.165, 1.54) is 0 Å². The van der Waals surface area contributed by atoms with E-state index in [-0.39, 0.29) is 36.0 Å². The first kappa shape index (κ1) is 26.9. The molecular formula is C27H35IN6O4. The van der Waals surface area contributed by atoms with Crippen LogP contribution >= 0.6 is 22.9 Å². The van der Waals surface area contributed by atoms with Crippen molar-refractivity contribution in [2.24, 2.45) is 0 Å². The van der Waals surface area contributed by atoms with Gasteiger partial charge in [-0.15, -0.1) is 0 Å². The topological polar surface area (TPSA) is 100 Å². The van der Waals surface area contributed by atoms with Crippen molar-refractivity contribution in [1.29, 1.82) is 0 Å². The number of methoxy groups -OCH3 is 1. The molecule has 11 heteroatoms. The van der Waals surface area contributed by atoms with Gasteiger partial charge in [0.15, 0.2) is 17.3 Å². The minimum atomic E-state index is -0.255. The highest BCUT2D eigenvalue weighted by atomic mass is 127. The standard InChI is InChI=1S/C27H35IN6O4/c1-4-20-26(36)32(2)21-16-29-27(31-24(21)34(20)19-7-5-6-8-19)38-22-10-9-17(15-23(22)37-3)25(35)30-18-11-13-33(28)14-12-18/h9-10,15-16,18-20H,4-8,11-14H2,1-3H3,(H,30,35)/t20-/m1/s1. The van der Waals surface area contributed by atoms with Gasteiger partial charge in [0.2, 0.25) is 5.91 Å². The summed E-state index contributed by atoms with van der Waals surface area (Å²) in [5.41, 5.74) is 1.20. The van der Waals surface area contributed by atoms with Crippen LogP contribution in [-0.4, -0.2) is 70.3 Å². The average molecular weight is 635 g/mol. The maximum absolute atomic E-state index is 13.1. The number of fused-ring (bicyclic) bond motifs is 1. The molecule has 1 atom stereocenters. The Hall–Kier alpha value is -2.67. The van der Waals surface area contributed by atoms with Crippen LogP contribution in [0.25, 0.3) is 0 Å². The van der Waals surface area contributed by atoms with Gasteiger partial charge in [-0.2, -0.15) is 4.98 Å². The fourth-order valence-corrected chi connectivity index (χ4v) is 6.23. The Balaban J connectivity index is 1.38. The van der Waals surface area contributed by atoms with Crippen LogP contribution in [0, 0.1) is 0 Å². The smallest absolute Gasteiger partial charge is 0.324 e. The number of piperidine rings is 1. The van der Waals surface area contributed by atoms with Gasteiger partial charge >= 0.3 is 6.01 Å². The molecule has 204 valence electrons. The summed E-state index contributed by atoms with van der Waals surface area (Å²) >= 11 is 2.32. The quantitative estimate of drug-likeness (QED) is 0.355. The monoisotopic (exact) mass is 634 g/mol. The number of benzene rings is 1. The molecule has 2 fully saturated rings. The average Bonchev–Trinajstić information content (AvgIpc) is 3.46. The summed E-state index contributed by atoms with van der Waals surface area (Å²) in [6.45, 7) is 3.96. The van der Waals surface area contributed by atoms with Gasteiger partial charge in [-0.25, -0.2) is 8.10 Å². The molecule has 2 amide bonds. The zero-order valence-corrected chi connectivity index (χ0v) is 24.3. The number of hydrogen-bond donors (Lipinski definition) is 1. The molecule has 1 saturated carbocycles. The van der Waals surface area contributed by atoms with Crippen molar-refractivity contribution in [1.82, 2.24) is 18.4 Å². The lowest BCUT2D eigenvalue weighted by Gasteiger charge is -2.43. The SMILES string of the molecule is CC[C@@H]1C(=O)N(C)c2cnc(Oc3ccc(C(=O)NC4CCN(I)CC4)cc3OC)nc2N1C1CCCC1. The van der Waals surface area contributed by atoms with E-state index >= 15 is 0 Å². The third kappa shape index (κ3) is 5.40. The van der Waals surface area contributed by atoms with Crippen LogP contribution in [0.4, 0.5) is 11.5 Å². The lowest BCUT2D eigenvalue weighted by atomic mass is 10.0. The van der Waals surface area contributed by atoms with Gasteiger partial charge < -0.3 is 24.6 Å². The Morgan fingerprint density at radius 1 is 1.16 bits per heavy atom. The van der Waals surface area contributed by atoms with Gasteiger partial charge in [0, 0.05) is 60.6 Å². The second-order valence-corrected chi connectivity index (χ2v) is 11.5. The number of ether oxygens (including phenoxy) is 2. The van der Waals surface area contributed by atoms with Crippen molar-refractivity contribution in [3.8, 4) is 17.5 Å². The van der Waals surface area contributed by atoms with Crippen LogP contribution in [0.15, 0.2) is 24.4 Å². The van der Waals surface area contributed by atoms with Crippen LogP contribution in [0.2, 0.25) is 0 Å². The van der Waals surface area contributed by atoms with Gasteiger partial charge in [0.05, 0.1) is 13.3 Å². The minimum Gasteiger partial charge on any atom is -0.493 e. The number of carbonyl (C=O) groups is 2. The zero-order chi connectivity index (χ0) is 26.8. The lowest BCUT2D eigenvalue weighted by molar-refractivity contribution is -0.120. The molecule has 5 rings (SSSR count). The first-order valence-electron chi connectivity index (χ1n) is 13.4. The van der Waals surface area contributed by atoms with E-state index in [1.54, 1.807) is 43.5 Å². The molecule has 3 aliphatic rings. The first-order chi connectivity index (χ1) is 18.4. The van der Waals surface area contributed by atoms with E-state index in [9.17, 15) is 9.59 Å². The summed E-state index contributed by atoms with van der Waals surface area (Å²) in [5, 5.41) is 3.13.